The molecule has 0 aromatic heterocycles. The van der Waals surface area contributed by atoms with E-state index in [2.05, 4.69) is 24.4 Å². The summed E-state index contributed by atoms with van der Waals surface area (Å²) < 4.78 is 0. The van der Waals surface area contributed by atoms with Crippen molar-refractivity contribution in [2.24, 2.45) is 0 Å². The summed E-state index contributed by atoms with van der Waals surface area (Å²) in [5, 5.41) is 3.15. The highest BCUT2D eigenvalue weighted by atomic mass is 14.8. The van der Waals surface area contributed by atoms with E-state index in [9.17, 15) is 0 Å². The van der Waals surface area contributed by atoms with E-state index in [0.29, 0.717) is 0 Å². The molecule has 0 aliphatic heterocycles. The minimum atomic E-state index is 1.05. The van der Waals surface area contributed by atoms with Crippen LogP contribution in [0.4, 0.5) is 0 Å². The van der Waals surface area contributed by atoms with Crippen molar-refractivity contribution in [3.63, 3.8) is 0 Å². The zero-order chi connectivity index (χ0) is 7.40. The third kappa shape index (κ3) is 1.99. The fraction of sp³-hybridized carbons (Fsp3) is 0.556. The zero-order valence-electron chi connectivity index (χ0n) is 6.78. The molecule has 1 N–H and O–H groups in total. The highest BCUT2D eigenvalue weighted by Crippen LogP contribution is 2.16. The fourth-order valence-electron chi connectivity index (χ4n) is 1.16. The Morgan fingerprint density at radius 3 is 2.70 bits per heavy atom. The molecule has 1 aliphatic carbocycles. The molecule has 1 rings (SSSR count). The molecule has 0 radical (unpaired) electrons. The van der Waals surface area contributed by atoms with E-state index in [1.54, 1.807) is 0 Å². The second kappa shape index (κ2) is 3.57. The molecule has 56 valence electrons. The zero-order valence-corrected chi connectivity index (χ0v) is 6.78. The molecule has 0 bridgehead atoms. The summed E-state index contributed by atoms with van der Waals surface area (Å²) in [4.78, 5) is 0. The smallest absolute Gasteiger partial charge is 0.0164 e. The largest absolute Gasteiger partial charge is 0.316 e. The SMILES string of the molecule is CNCC1=CC=C(C)CC1. The van der Waals surface area contributed by atoms with Gasteiger partial charge in [-0.3, -0.25) is 0 Å². The predicted molar refractivity (Wildman–Crippen MR) is 45.0 cm³/mol. The van der Waals surface area contributed by atoms with Crippen LogP contribution in [0.15, 0.2) is 23.3 Å². The van der Waals surface area contributed by atoms with Crippen molar-refractivity contribution in [1.82, 2.24) is 5.32 Å². The van der Waals surface area contributed by atoms with Gasteiger partial charge < -0.3 is 5.32 Å². The number of likely N-dealkylation sites (N-methyl/N-ethyl adjacent to an activating group) is 1. The summed E-state index contributed by atoms with van der Waals surface area (Å²) >= 11 is 0. The highest BCUT2D eigenvalue weighted by molar-refractivity contribution is 5.23. The normalized spacial score (nSPS) is 18.2. The molecule has 0 spiro atoms. The lowest BCUT2D eigenvalue weighted by Crippen LogP contribution is -2.11. The Labute approximate surface area is 62.8 Å². The minimum Gasteiger partial charge on any atom is -0.316 e. The van der Waals surface area contributed by atoms with Gasteiger partial charge in [0.05, 0.1) is 0 Å². The van der Waals surface area contributed by atoms with Crippen molar-refractivity contribution in [2.75, 3.05) is 13.6 Å². The predicted octanol–water partition coefficient (Wildman–Crippen LogP) is 1.87. The topological polar surface area (TPSA) is 12.0 Å². The molecule has 10 heavy (non-hydrogen) atoms. The van der Waals surface area contributed by atoms with Gasteiger partial charge in [-0.15, -0.1) is 0 Å². The summed E-state index contributed by atoms with van der Waals surface area (Å²) in [6.45, 7) is 3.23. The van der Waals surface area contributed by atoms with Crippen LogP contribution in [0.2, 0.25) is 0 Å². The summed E-state index contributed by atoms with van der Waals surface area (Å²) in [5.74, 6) is 0. The summed E-state index contributed by atoms with van der Waals surface area (Å²) in [6.07, 6.45) is 6.93. The third-order valence-corrected chi connectivity index (χ3v) is 1.85. The molecule has 1 nitrogen and oxygen atoms in total. The number of hydrogen-bond acceptors (Lipinski definition) is 1. The number of rotatable bonds is 2. The average molecular weight is 137 g/mol. The maximum Gasteiger partial charge on any atom is 0.0164 e. The summed E-state index contributed by atoms with van der Waals surface area (Å²) in [5.41, 5.74) is 3.02. The molecule has 1 aliphatic rings. The molecule has 0 aromatic rings. The van der Waals surface area contributed by atoms with Crippen LogP contribution >= 0.6 is 0 Å². The minimum absolute atomic E-state index is 1.05. The Morgan fingerprint density at radius 2 is 2.20 bits per heavy atom. The van der Waals surface area contributed by atoms with E-state index in [-0.39, 0.29) is 0 Å². The van der Waals surface area contributed by atoms with E-state index in [0.717, 1.165) is 6.54 Å². The first-order chi connectivity index (χ1) is 4.83. The lowest BCUT2D eigenvalue weighted by molar-refractivity contribution is 0.799. The van der Waals surface area contributed by atoms with Crippen LogP contribution in [0.1, 0.15) is 19.8 Å². The second-order valence-corrected chi connectivity index (χ2v) is 2.87. The maximum absolute atomic E-state index is 3.15. The average Bonchev–Trinajstić information content (AvgIpc) is 1.95. The Morgan fingerprint density at radius 1 is 1.40 bits per heavy atom. The van der Waals surface area contributed by atoms with Gasteiger partial charge in [0.25, 0.3) is 0 Å². The Bertz CT molecular complexity index is 162. The Hall–Kier alpha value is -0.560. The molecule has 0 amide bonds. The van der Waals surface area contributed by atoms with Gasteiger partial charge in [0, 0.05) is 6.54 Å². The molecule has 0 fully saturated rings. The number of hydrogen-bond donors (Lipinski definition) is 1. The molecule has 1 heteroatoms. The quantitative estimate of drug-likeness (QED) is 0.612. The monoisotopic (exact) mass is 137 g/mol. The van der Waals surface area contributed by atoms with Crippen molar-refractivity contribution in [3.8, 4) is 0 Å². The first-order valence-electron chi connectivity index (χ1n) is 3.82. The standard InChI is InChI=1S/C9H15N/c1-8-3-5-9(6-4-8)7-10-2/h3,5,10H,4,6-7H2,1-2H3. The first-order valence-corrected chi connectivity index (χ1v) is 3.82. The van der Waals surface area contributed by atoms with Gasteiger partial charge >= 0.3 is 0 Å². The third-order valence-electron chi connectivity index (χ3n) is 1.85. The van der Waals surface area contributed by atoms with Crippen LogP contribution in [-0.2, 0) is 0 Å². The fourth-order valence-corrected chi connectivity index (χ4v) is 1.16. The van der Waals surface area contributed by atoms with E-state index in [1.165, 1.54) is 24.0 Å². The highest BCUT2D eigenvalue weighted by Gasteiger charge is 2.00. The van der Waals surface area contributed by atoms with Crippen molar-refractivity contribution >= 4 is 0 Å². The van der Waals surface area contributed by atoms with Crippen LogP contribution in [0.3, 0.4) is 0 Å². The molecule has 0 saturated heterocycles. The summed E-state index contributed by atoms with van der Waals surface area (Å²) in [7, 11) is 1.99. The van der Waals surface area contributed by atoms with E-state index < -0.39 is 0 Å². The van der Waals surface area contributed by atoms with Crippen LogP contribution < -0.4 is 5.32 Å². The van der Waals surface area contributed by atoms with Crippen LogP contribution in [0.25, 0.3) is 0 Å². The van der Waals surface area contributed by atoms with Gasteiger partial charge in [0.1, 0.15) is 0 Å². The maximum atomic E-state index is 3.15. The van der Waals surface area contributed by atoms with Gasteiger partial charge in [0.15, 0.2) is 0 Å². The van der Waals surface area contributed by atoms with Crippen LogP contribution in [-0.4, -0.2) is 13.6 Å². The van der Waals surface area contributed by atoms with Gasteiger partial charge in [0.2, 0.25) is 0 Å². The Kier molecular flexibility index (Phi) is 2.69. The molecule has 0 unspecified atom stereocenters. The molecular weight excluding hydrogens is 122 g/mol. The molecule has 0 saturated carbocycles. The second-order valence-electron chi connectivity index (χ2n) is 2.87. The molecule has 0 atom stereocenters. The van der Waals surface area contributed by atoms with E-state index in [1.807, 2.05) is 7.05 Å². The van der Waals surface area contributed by atoms with Crippen molar-refractivity contribution in [2.45, 2.75) is 19.8 Å². The number of allylic oxidation sites excluding steroid dienone is 3. The van der Waals surface area contributed by atoms with Crippen molar-refractivity contribution in [3.05, 3.63) is 23.3 Å². The van der Waals surface area contributed by atoms with Gasteiger partial charge in [-0.05, 0) is 26.8 Å². The lowest BCUT2D eigenvalue weighted by Gasteiger charge is -2.10. The lowest BCUT2D eigenvalue weighted by atomic mass is 10.00. The first kappa shape index (κ1) is 7.55. The van der Waals surface area contributed by atoms with Crippen LogP contribution in [0.5, 0.6) is 0 Å². The van der Waals surface area contributed by atoms with Crippen LogP contribution in [0, 0.1) is 0 Å². The molecular formula is C9H15N. The van der Waals surface area contributed by atoms with E-state index in [4.69, 9.17) is 0 Å². The number of nitrogens with one attached hydrogen (secondary N) is 1. The molecule has 0 heterocycles. The van der Waals surface area contributed by atoms with Gasteiger partial charge in [-0.1, -0.05) is 23.3 Å². The van der Waals surface area contributed by atoms with Crippen molar-refractivity contribution < 1.29 is 0 Å². The van der Waals surface area contributed by atoms with E-state index >= 15 is 0 Å². The molecule has 0 aromatic carbocycles. The Balaban J connectivity index is 2.47. The van der Waals surface area contributed by atoms with Crippen molar-refractivity contribution in [1.29, 1.82) is 0 Å². The van der Waals surface area contributed by atoms with Gasteiger partial charge in [-0.25, -0.2) is 0 Å². The van der Waals surface area contributed by atoms with Gasteiger partial charge in [-0.2, -0.15) is 0 Å². The summed E-state index contributed by atoms with van der Waals surface area (Å²) in [6, 6.07) is 0.